The summed E-state index contributed by atoms with van der Waals surface area (Å²) in [4.78, 5) is 55.2. The van der Waals surface area contributed by atoms with Crippen molar-refractivity contribution in [2.45, 2.75) is 96.3 Å². The Morgan fingerprint density at radius 2 is 1.63 bits per heavy atom. The van der Waals surface area contributed by atoms with Crippen molar-refractivity contribution in [1.29, 1.82) is 0 Å². The number of H-pyrrole nitrogens is 1. The van der Waals surface area contributed by atoms with Gasteiger partial charge in [0, 0.05) is 37.2 Å². The third kappa shape index (κ3) is 6.48. The van der Waals surface area contributed by atoms with E-state index in [1.165, 1.54) is 0 Å². The van der Waals surface area contributed by atoms with Crippen LogP contribution < -0.4 is 10.6 Å². The average molecular weight is 637 g/mol. The Labute approximate surface area is 269 Å². The molecule has 0 spiro atoms. The number of ether oxygens (including phenoxy) is 2. The second-order valence-corrected chi connectivity index (χ2v) is 15.1. The molecule has 4 fully saturated rings. The maximum absolute atomic E-state index is 13.4. The molecule has 6 rings (SSSR count). The summed E-state index contributed by atoms with van der Waals surface area (Å²) in [6.45, 7) is 14.0. The first-order valence-electron chi connectivity index (χ1n) is 16.2. The normalized spacial score (nSPS) is 26.8. The van der Waals surface area contributed by atoms with Crippen molar-refractivity contribution in [3.63, 3.8) is 0 Å². The number of benzene rings is 1. The summed E-state index contributed by atoms with van der Waals surface area (Å²) in [6.07, 6.45) is 1.15. The molecule has 0 saturated carbocycles. The number of aromatic amines is 1. The first-order chi connectivity index (χ1) is 21.6. The number of hydrogen-bond acceptors (Lipinski definition) is 8. The van der Waals surface area contributed by atoms with Crippen LogP contribution >= 0.6 is 0 Å². The van der Waals surface area contributed by atoms with Crippen LogP contribution in [0.3, 0.4) is 0 Å². The summed E-state index contributed by atoms with van der Waals surface area (Å²) in [5.41, 5.74) is 1.57. The molecule has 4 aliphatic rings. The van der Waals surface area contributed by atoms with E-state index < -0.39 is 17.1 Å². The van der Waals surface area contributed by atoms with Gasteiger partial charge in [0.15, 0.2) is 0 Å². The highest BCUT2D eigenvalue weighted by Gasteiger charge is 2.57. The molecule has 5 heterocycles. The van der Waals surface area contributed by atoms with Gasteiger partial charge in [-0.3, -0.25) is 14.7 Å². The number of fused-ring (bicyclic) bond motifs is 4. The minimum Gasteiger partial charge on any atom is -0.444 e. The smallest absolute Gasteiger partial charge is 0.444 e. The Hall–Kier alpha value is -3.97. The first kappa shape index (κ1) is 32.0. The van der Waals surface area contributed by atoms with E-state index in [-0.39, 0.29) is 48.5 Å². The summed E-state index contributed by atoms with van der Waals surface area (Å²) in [5.74, 6) is -0.612. The molecular weight excluding hydrogens is 590 g/mol. The molecule has 46 heavy (non-hydrogen) atoms. The van der Waals surface area contributed by atoms with E-state index >= 15 is 0 Å². The predicted molar refractivity (Wildman–Crippen MR) is 168 cm³/mol. The molecule has 4 aliphatic heterocycles. The fourth-order valence-corrected chi connectivity index (χ4v) is 7.25. The van der Waals surface area contributed by atoms with Crippen molar-refractivity contribution in [3.8, 4) is 11.3 Å². The largest absolute Gasteiger partial charge is 0.517 e. The number of hydrogen-bond donors (Lipinski definition) is 3. The van der Waals surface area contributed by atoms with Gasteiger partial charge in [0.05, 0.1) is 30.4 Å². The fraction of sp³-hybridized carbons (Fsp3) is 0.606. The van der Waals surface area contributed by atoms with E-state index in [1.807, 2.05) is 65.8 Å². The maximum Gasteiger partial charge on any atom is 0.517 e. The van der Waals surface area contributed by atoms with Gasteiger partial charge in [0.2, 0.25) is 5.91 Å². The Balaban J connectivity index is 1.03. The Kier molecular flexibility index (Phi) is 8.12. The van der Waals surface area contributed by atoms with Crippen molar-refractivity contribution in [3.05, 3.63) is 41.6 Å². The van der Waals surface area contributed by atoms with Gasteiger partial charge < -0.3 is 29.9 Å². The zero-order chi connectivity index (χ0) is 33.0. The van der Waals surface area contributed by atoms with Crippen LogP contribution in [-0.4, -0.2) is 117 Å². The van der Waals surface area contributed by atoms with Crippen LogP contribution in [0.25, 0.3) is 11.3 Å². The molecule has 0 aliphatic carbocycles. The van der Waals surface area contributed by atoms with Crippen molar-refractivity contribution in [2.24, 2.45) is 0 Å². The summed E-state index contributed by atoms with van der Waals surface area (Å²) < 4.78 is 11.7. The molecule has 3 N–H and O–H groups in total. The van der Waals surface area contributed by atoms with E-state index in [0.29, 0.717) is 48.8 Å². The molecule has 4 bridgehead atoms. The second-order valence-electron chi connectivity index (χ2n) is 15.1. The molecular formula is C33H46N7O6+. The molecule has 1 aromatic carbocycles. The Morgan fingerprint density at radius 1 is 0.957 bits per heavy atom. The summed E-state index contributed by atoms with van der Waals surface area (Å²) in [7, 11) is 0. The van der Waals surface area contributed by atoms with Crippen LogP contribution in [-0.2, 0) is 20.8 Å². The number of carbonyl (C=O) groups excluding carboxylic acids is 4. The molecule has 13 nitrogen and oxygen atoms in total. The zero-order valence-electron chi connectivity index (χ0n) is 27.6. The van der Waals surface area contributed by atoms with Gasteiger partial charge in [0.25, 0.3) is 5.91 Å². The highest BCUT2D eigenvalue weighted by Crippen LogP contribution is 2.37. The summed E-state index contributed by atoms with van der Waals surface area (Å²) in [5, 5.41) is 13.3. The van der Waals surface area contributed by atoms with Crippen molar-refractivity contribution in [2.75, 3.05) is 32.7 Å². The second kappa shape index (κ2) is 11.7. The van der Waals surface area contributed by atoms with Crippen molar-refractivity contribution in [1.82, 2.24) is 30.6 Å². The number of likely N-dealkylation sites (tertiary alicyclic amines) is 3. The lowest BCUT2D eigenvalue weighted by atomic mass is 10.1. The SMILES string of the molecule is CC(C)(C)OC(=O)N1CC2CC1CN2C(=O)CNC(=O)c1cc(-c2ccc(C[N+]3(C(=O)OC(C)(C)C)CC4CC3CN4)cc2)n[nH]1. The lowest BCUT2D eigenvalue weighted by molar-refractivity contribution is -0.886. The minimum atomic E-state index is -0.576. The van der Waals surface area contributed by atoms with Crippen LogP contribution in [0.1, 0.15) is 70.4 Å². The van der Waals surface area contributed by atoms with Gasteiger partial charge in [-0.2, -0.15) is 9.89 Å². The molecule has 248 valence electrons. The van der Waals surface area contributed by atoms with Crippen LogP contribution in [0.2, 0.25) is 0 Å². The molecule has 4 amide bonds. The van der Waals surface area contributed by atoms with Gasteiger partial charge in [-0.15, -0.1) is 0 Å². The Bertz CT molecular complexity index is 1510. The van der Waals surface area contributed by atoms with Crippen LogP contribution in [0.15, 0.2) is 30.3 Å². The van der Waals surface area contributed by atoms with E-state index in [4.69, 9.17) is 9.47 Å². The highest BCUT2D eigenvalue weighted by molar-refractivity contribution is 5.95. The summed E-state index contributed by atoms with van der Waals surface area (Å²) in [6, 6.07) is 9.89. The van der Waals surface area contributed by atoms with Crippen LogP contribution in [0.5, 0.6) is 0 Å². The molecule has 5 atom stereocenters. The molecule has 0 radical (unpaired) electrons. The van der Waals surface area contributed by atoms with Crippen molar-refractivity contribution >= 4 is 24.0 Å². The fourth-order valence-electron chi connectivity index (χ4n) is 7.25. The van der Waals surface area contributed by atoms with E-state index in [9.17, 15) is 19.2 Å². The molecule has 13 heteroatoms. The lowest BCUT2D eigenvalue weighted by Gasteiger charge is -2.39. The van der Waals surface area contributed by atoms with Crippen LogP contribution in [0.4, 0.5) is 9.59 Å². The topological polar surface area (TPSA) is 146 Å². The molecule has 5 unspecified atom stereocenters. The third-order valence-electron chi connectivity index (χ3n) is 9.33. The summed E-state index contributed by atoms with van der Waals surface area (Å²) >= 11 is 0. The monoisotopic (exact) mass is 636 g/mol. The number of amides is 4. The Morgan fingerprint density at radius 3 is 2.22 bits per heavy atom. The lowest BCUT2D eigenvalue weighted by Crippen LogP contribution is -2.62. The highest BCUT2D eigenvalue weighted by atomic mass is 16.6. The van der Waals surface area contributed by atoms with Crippen LogP contribution in [0, 0.1) is 0 Å². The van der Waals surface area contributed by atoms with Gasteiger partial charge in [0.1, 0.15) is 36.0 Å². The number of quaternary nitrogens is 1. The van der Waals surface area contributed by atoms with Crippen molar-refractivity contribution < 1.29 is 33.1 Å². The van der Waals surface area contributed by atoms with Gasteiger partial charge in [-0.25, -0.2) is 9.28 Å². The predicted octanol–water partition coefficient (Wildman–Crippen LogP) is 3.02. The third-order valence-corrected chi connectivity index (χ3v) is 9.33. The minimum absolute atomic E-state index is 0.0758. The first-order valence-corrected chi connectivity index (χ1v) is 16.2. The van der Waals surface area contributed by atoms with E-state index in [0.717, 1.165) is 24.1 Å². The number of aromatic nitrogens is 2. The van der Waals surface area contributed by atoms with E-state index in [1.54, 1.807) is 15.9 Å². The number of nitrogens with zero attached hydrogens (tertiary/aromatic N) is 4. The average Bonchev–Trinajstić information content (AvgIpc) is 3.81. The zero-order valence-corrected chi connectivity index (χ0v) is 27.6. The maximum atomic E-state index is 13.4. The number of piperazine rings is 2. The quantitative estimate of drug-likeness (QED) is 0.411. The van der Waals surface area contributed by atoms with Gasteiger partial charge in [-0.1, -0.05) is 24.3 Å². The number of carbonyl (C=O) groups is 4. The van der Waals surface area contributed by atoms with Gasteiger partial charge >= 0.3 is 12.2 Å². The standard InChI is InChI=1S/C33H45N7O6/c1-32(2,3)45-30(43)39-17-23-12-24(39)16-38(23)28(41)15-35-29(42)27-13-26(36-37-27)21-9-7-20(8-10-21)18-40(31(44)46-33(4,5)6)19-22-11-25(40)14-34-22/h7-10,13,22-25,34H,11-12,14-19H2,1-6H3,(H-,35,36,37,42)/p+1. The number of nitrogens with one attached hydrogen (secondary N) is 3. The molecule has 2 aromatic rings. The molecule has 4 saturated heterocycles. The van der Waals surface area contributed by atoms with E-state index in [2.05, 4.69) is 20.8 Å². The number of rotatable bonds is 6. The molecule has 1 aromatic heterocycles. The van der Waals surface area contributed by atoms with Gasteiger partial charge in [-0.05, 0) is 54.0 Å².